The van der Waals surface area contributed by atoms with E-state index in [1.54, 1.807) is 26.4 Å². The minimum absolute atomic E-state index is 0.0796. The molecule has 0 saturated carbocycles. The van der Waals surface area contributed by atoms with Crippen molar-refractivity contribution in [2.75, 3.05) is 25.7 Å². The maximum absolute atomic E-state index is 11.6. The lowest BCUT2D eigenvalue weighted by Crippen LogP contribution is -2.24. The fourth-order valence-electron chi connectivity index (χ4n) is 3.54. The van der Waals surface area contributed by atoms with Gasteiger partial charge in [0.25, 0.3) is 5.69 Å². The van der Waals surface area contributed by atoms with Gasteiger partial charge < -0.3 is 20.1 Å². The van der Waals surface area contributed by atoms with E-state index >= 15 is 0 Å². The van der Waals surface area contributed by atoms with Crippen LogP contribution in [0.1, 0.15) is 34.8 Å². The highest BCUT2D eigenvalue weighted by Gasteiger charge is 2.33. The average molecular weight is 371 g/mol. The smallest absolute Gasteiger partial charge is 0.293 e. The molecule has 27 heavy (non-hydrogen) atoms. The number of nitrogens with zero attached hydrogens (tertiary/aromatic N) is 2. The van der Waals surface area contributed by atoms with E-state index in [0.717, 1.165) is 18.4 Å². The third-order valence-corrected chi connectivity index (χ3v) is 4.82. The second-order valence-electron chi connectivity index (χ2n) is 6.28. The summed E-state index contributed by atoms with van der Waals surface area (Å²) >= 11 is 0. The molecule has 3 rings (SSSR count). The van der Waals surface area contributed by atoms with Crippen molar-refractivity contribution in [3.63, 3.8) is 0 Å². The van der Waals surface area contributed by atoms with Crippen molar-refractivity contribution >= 4 is 17.3 Å². The second-order valence-corrected chi connectivity index (χ2v) is 6.28. The van der Waals surface area contributed by atoms with Gasteiger partial charge in [0.1, 0.15) is 17.2 Å². The maximum atomic E-state index is 11.6. The minimum atomic E-state index is -0.695. The van der Waals surface area contributed by atoms with E-state index in [1.807, 2.05) is 17.0 Å². The first-order valence-electron chi connectivity index (χ1n) is 8.53. The quantitative estimate of drug-likeness (QED) is 0.618. The molecule has 1 aliphatic rings. The van der Waals surface area contributed by atoms with Crippen molar-refractivity contribution < 1.29 is 19.2 Å². The summed E-state index contributed by atoms with van der Waals surface area (Å²) in [5.74, 6) is 0.652. The van der Waals surface area contributed by atoms with Crippen molar-refractivity contribution in [3.05, 3.63) is 57.6 Å². The lowest BCUT2D eigenvalue weighted by molar-refractivity contribution is -0.384. The molecule has 1 fully saturated rings. The van der Waals surface area contributed by atoms with Crippen LogP contribution in [0.4, 0.5) is 11.4 Å². The van der Waals surface area contributed by atoms with Crippen LogP contribution in [-0.2, 0) is 0 Å². The Hall–Kier alpha value is -3.29. The number of nitrogens with two attached hydrogens (primary N) is 1. The topological polar surface area (TPSA) is 108 Å². The molecule has 1 aliphatic heterocycles. The molecule has 2 aromatic rings. The van der Waals surface area contributed by atoms with Crippen molar-refractivity contribution in [1.29, 1.82) is 0 Å². The number of benzene rings is 2. The van der Waals surface area contributed by atoms with Crippen molar-refractivity contribution in [2.24, 2.45) is 5.73 Å². The van der Waals surface area contributed by atoms with Crippen LogP contribution in [0.15, 0.2) is 36.4 Å². The molecule has 0 spiro atoms. The van der Waals surface area contributed by atoms with Gasteiger partial charge in [-0.1, -0.05) is 0 Å². The summed E-state index contributed by atoms with van der Waals surface area (Å²) in [6.07, 6.45) is 1.71. The Bertz CT molecular complexity index is 884. The van der Waals surface area contributed by atoms with Gasteiger partial charge in [-0.25, -0.2) is 0 Å². The summed E-state index contributed by atoms with van der Waals surface area (Å²) in [6.45, 7) is 0.663. The number of methoxy groups -OCH3 is 2. The van der Waals surface area contributed by atoms with Gasteiger partial charge in [0, 0.05) is 29.8 Å². The van der Waals surface area contributed by atoms with Gasteiger partial charge in [0.2, 0.25) is 5.91 Å². The third-order valence-electron chi connectivity index (χ3n) is 4.82. The van der Waals surface area contributed by atoms with Crippen LogP contribution in [-0.4, -0.2) is 31.6 Å². The number of nitro benzene ring substituents is 1. The number of carbonyl (C=O) groups is 1. The molecule has 1 saturated heterocycles. The molecule has 8 nitrogen and oxygen atoms in total. The summed E-state index contributed by atoms with van der Waals surface area (Å²) < 4.78 is 10.8. The van der Waals surface area contributed by atoms with Crippen LogP contribution in [0, 0.1) is 10.1 Å². The largest absolute Gasteiger partial charge is 0.497 e. The molecule has 0 unspecified atom stereocenters. The molecule has 1 atom stereocenters. The summed E-state index contributed by atoms with van der Waals surface area (Å²) in [7, 11) is 3.17. The molecule has 2 aromatic carbocycles. The van der Waals surface area contributed by atoms with Crippen molar-refractivity contribution in [1.82, 2.24) is 0 Å². The van der Waals surface area contributed by atoms with Gasteiger partial charge in [0.05, 0.1) is 25.2 Å². The molecule has 0 aromatic heterocycles. The Morgan fingerprint density at radius 3 is 2.63 bits per heavy atom. The Labute approximate surface area is 156 Å². The van der Waals surface area contributed by atoms with Crippen molar-refractivity contribution in [3.8, 4) is 11.5 Å². The SMILES string of the molecule is COc1ccc([C@H]2CCCN2c2ccc(C(N)=O)cc2[N+](=O)[O-])c(OC)c1. The van der Waals surface area contributed by atoms with Crippen LogP contribution in [0.2, 0.25) is 0 Å². The molecular weight excluding hydrogens is 350 g/mol. The molecule has 0 aliphatic carbocycles. The molecular formula is C19H21N3O5. The average Bonchev–Trinajstić information content (AvgIpc) is 3.16. The molecule has 142 valence electrons. The minimum Gasteiger partial charge on any atom is -0.497 e. The van der Waals surface area contributed by atoms with E-state index < -0.39 is 10.8 Å². The molecule has 0 bridgehead atoms. The molecule has 1 amide bonds. The van der Waals surface area contributed by atoms with E-state index in [1.165, 1.54) is 12.1 Å². The Kier molecular flexibility index (Phi) is 5.16. The normalized spacial score (nSPS) is 16.2. The predicted octanol–water partition coefficient (Wildman–Crippen LogP) is 3.05. The predicted molar refractivity (Wildman–Crippen MR) is 100 cm³/mol. The van der Waals surface area contributed by atoms with E-state index in [-0.39, 0.29) is 17.3 Å². The van der Waals surface area contributed by atoms with Gasteiger partial charge in [-0.2, -0.15) is 0 Å². The van der Waals surface area contributed by atoms with Crippen LogP contribution in [0.3, 0.4) is 0 Å². The highest BCUT2D eigenvalue weighted by Crippen LogP contribution is 2.43. The zero-order chi connectivity index (χ0) is 19.6. The lowest BCUT2D eigenvalue weighted by atomic mass is 10.0. The Balaban J connectivity index is 2.05. The molecule has 2 N–H and O–H groups in total. The fourth-order valence-corrected chi connectivity index (χ4v) is 3.54. The standard InChI is InChI=1S/C19H21N3O5/c1-26-13-6-7-14(18(11-13)27-2)15-4-3-9-21(15)16-8-5-12(19(20)23)10-17(16)22(24)25/h5-8,10-11,15H,3-4,9H2,1-2H3,(H2,20,23)/t15-/m1/s1. The number of ether oxygens (including phenoxy) is 2. The number of hydrogen-bond donors (Lipinski definition) is 1. The number of carbonyl (C=O) groups excluding carboxylic acids is 1. The fraction of sp³-hybridized carbons (Fsp3) is 0.316. The number of nitro groups is 1. The van der Waals surface area contributed by atoms with E-state index in [9.17, 15) is 14.9 Å². The van der Waals surface area contributed by atoms with Gasteiger partial charge >= 0.3 is 0 Å². The van der Waals surface area contributed by atoms with Crippen LogP contribution in [0.5, 0.6) is 11.5 Å². The Morgan fingerprint density at radius 1 is 1.22 bits per heavy atom. The van der Waals surface area contributed by atoms with Gasteiger partial charge in [-0.05, 0) is 37.1 Å². The first-order valence-corrected chi connectivity index (χ1v) is 8.53. The maximum Gasteiger partial charge on any atom is 0.293 e. The number of amides is 1. The van der Waals surface area contributed by atoms with Gasteiger partial charge in [0.15, 0.2) is 0 Å². The third kappa shape index (κ3) is 3.51. The second kappa shape index (κ2) is 7.53. The summed E-state index contributed by atoms with van der Waals surface area (Å²) in [6, 6.07) is 9.83. The van der Waals surface area contributed by atoms with Crippen LogP contribution in [0.25, 0.3) is 0 Å². The number of rotatable bonds is 6. The van der Waals surface area contributed by atoms with Crippen molar-refractivity contribution in [2.45, 2.75) is 18.9 Å². The van der Waals surface area contributed by atoms with E-state index in [4.69, 9.17) is 15.2 Å². The lowest BCUT2D eigenvalue weighted by Gasteiger charge is -2.28. The number of primary amides is 1. The molecule has 1 heterocycles. The van der Waals surface area contributed by atoms with Gasteiger partial charge in [-0.15, -0.1) is 0 Å². The van der Waals surface area contributed by atoms with Crippen LogP contribution >= 0.6 is 0 Å². The van der Waals surface area contributed by atoms with E-state index in [0.29, 0.717) is 23.7 Å². The highest BCUT2D eigenvalue weighted by atomic mass is 16.6. The first-order chi connectivity index (χ1) is 13.0. The number of anilines is 1. The zero-order valence-corrected chi connectivity index (χ0v) is 15.2. The summed E-state index contributed by atoms with van der Waals surface area (Å²) in [4.78, 5) is 24.5. The monoisotopic (exact) mass is 371 g/mol. The Morgan fingerprint density at radius 2 is 2.00 bits per heavy atom. The van der Waals surface area contributed by atoms with E-state index in [2.05, 4.69) is 0 Å². The first kappa shape index (κ1) is 18.5. The molecule has 0 radical (unpaired) electrons. The highest BCUT2D eigenvalue weighted by molar-refractivity contribution is 5.94. The van der Waals surface area contributed by atoms with Gasteiger partial charge in [-0.3, -0.25) is 14.9 Å². The molecule has 8 heteroatoms. The van der Waals surface area contributed by atoms with Crippen LogP contribution < -0.4 is 20.1 Å². The number of hydrogen-bond acceptors (Lipinski definition) is 6. The zero-order valence-electron chi connectivity index (χ0n) is 15.2. The summed E-state index contributed by atoms with van der Waals surface area (Å²) in [5, 5.41) is 11.6. The summed E-state index contributed by atoms with van der Waals surface area (Å²) in [5.41, 5.74) is 6.64.